The molecule has 0 spiro atoms. The fourth-order valence-electron chi connectivity index (χ4n) is 4.13. The number of aliphatic hydroxyl groups is 1. The average molecular weight is 440 g/mol. The van der Waals surface area contributed by atoms with Gasteiger partial charge in [-0.25, -0.2) is 0 Å². The molecule has 0 heterocycles. The summed E-state index contributed by atoms with van der Waals surface area (Å²) in [5.41, 5.74) is 3.84. The van der Waals surface area contributed by atoms with Crippen LogP contribution in [0.2, 0.25) is 0 Å². The Kier molecular flexibility index (Phi) is 7.83. The summed E-state index contributed by atoms with van der Waals surface area (Å²) in [5, 5.41) is 13.5. The Morgan fingerprint density at radius 2 is 1.47 bits per heavy atom. The smallest absolute Gasteiger partial charge is 0.251 e. The number of benzene rings is 2. The van der Waals surface area contributed by atoms with Crippen LogP contribution in [0, 0.1) is 19.3 Å². The first kappa shape index (κ1) is 25.9. The Morgan fingerprint density at radius 1 is 0.938 bits per heavy atom. The van der Waals surface area contributed by atoms with Crippen molar-refractivity contribution in [1.29, 1.82) is 0 Å². The summed E-state index contributed by atoms with van der Waals surface area (Å²) in [6.07, 6.45) is 1.89. The summed E-state index contributed by atoms with van der Waals surface area (Å²) in [5.74, 6) is 0.738. The minimum absolute atomic E-state index is 0.0591. The molecule has 0 saturated carbocycles. The highest BCUT2D eigenvalue weighted by Crippen LogP contribution is 2.41. The summed E-state index contributed by atoms with van der Waals surface area (Å²) in [6.45, 7) is 16.6. The second-order valence-corrected chi connectivity index (χ2v) is 10.2. The quantitative estimate of drug-likeness (QED) is 0.535. The standard InChI is InChI=1S/C28H41NO3/c1-10-28(11-2,21-12-14-23(19(3)16-21)25(30)29-9)22-13-15-24(20(4)17-22)32-18-27(8,31)26(5,6)7/h12-17,31H,10-11,18H2,1-9H3,(H,29,30). The van der Waals surface area contributed by atoms with E-state index in [1.54, 1.807) is 7.05 Å². The molecule has 32 heavy (non-hydrogen) atoms. The monoisotopic (exact) mass is 439 g/mol. The molecule has 0 fully saturated rings. The Morgan fingerprint density at radius 3 is 1.91 bits per heavy atom. The van der Waals surface area contributed by atoms with Gasteiger partial charge in [-0.15, -0.1) is 0 Å². The molecule has 0 aliphatic rings. The van der Waals surface area contributed by atoms with Crippen LogP contribution in [0.4, 0.5) is 0 Å². The zero-order valence-corrected chi connectivity index (χ0v) is 21.3. The van der Waals surface area contributed by atoms with Gasteiger partial charge >= 0.3 is 0 Å². The maximum atomic E-state index is 12.1. The second-order valence-electron chi connectivity index (χ2n) is 10.2. The van der Waals surface area contributed by atoms with E-state index in [0.29, 0.717) is 5.56 Å². The lowest BCUT2D eigenvalue weighted by Crippen LogP contribution is -2.45. The van der Waals surface area contributed by atoms with Gasteiger partial charge in [-0.05, 0) is 73.4 Å². The first-order chi connectivity index (χ1) is 14.8. The average Bonchev–Trinajstić information content (AvgIpc) is 2.73. The third-order valence-corrected chi connectivity index (χ3v) is 7.31. The highest BCUT2D eigenvalue weighted by Gasteiger charge is 2.36. The van der Waals surface area contributed by atoms with Crippen molar-refractivity contribution in [1.82, 2.24) is 5.32 Å². The molecule has 1 amide bonds. The van der Waals surface area contributed by atoms with Crippen molar-refractivity contribution in [3.63, 3.8) is 0 Å². The number of hydrogen-bond donors (Lipinski definition) is 2. The Hall–Kier alpha value is -2.33. The first-order valence-corrected chi connectivity index (χ1v) is 11.6. The van der Waals surface area contributed by atoms with Gasteiger partial charge in [0.15, 0.2) is 0 Å². The van der Waals surface area contributed by atoms with Crippen molar-refractivity contribution in [2.45, 2.75) is 79.2 Å². The number of amides is 1. The summed E-state index contributed by atoms with van der Waals surface area (Å²) in [7, 11) is 1.66. The molecule has 0 radical (unpaired) electrons. The second kappa shape index (κ2) is 9.66. The third kappa shape index (κ3) is 5.01. The molecule has 0 saturated heterocycles. The number of rotatable bonds is 8. The van der Waals surface area contributed by atoms with Crippen molar-refractivity contribution >= 4 is 5.91 Å². The van der Waals surface area contributed by atoms with Crippen LogP contribution in [0.15, 0.2) is 36.4 Å². The van der Waals surface area contributed by atoms with Crippen molar-refractivity contribution in [2.75, 3.05) is 13.7 Å². The molecule has 1 unspecified atom stereocenters. The van der Waals surface area contributed by atoms with Gasteiger partial charge in [0.2, 0.25) is 0 Å². The van der Waals surface area contributed by atoms with Crippen molar-refractivity contribution < 1.29 is 14.6 Å². The Balaban J connectivity index is 2.41. The number of carbonyl (C=O) groups is 1. The Labute approximate surface area is 194 Å². The van der Waals surface area contributed by atoms with Gasteiger partial charge in [0.05, 0.1) is 0 Å². The molecule has 0 aliphatic carbocycles. The number of hydrogen-bond acceptors (Lipinski definition) is 3. The Bertz CT molecular complexity index is 950. The van der Waals surface area contributed by atoms with E-state index in [9.17, 15) is 9.90 Å². The van der Waals surface area contributed by atoms with E-state index in [1.807, 2.05) is 46.8 Å². The van der Waals surface area contributed by atoms with Gasteiger partial charge in [-0.2, -0.15) is 0 Å². The molecule has 4 heteroatoms. The van der Waals surface area contributed by atoms with Gasteiger partial charge in [-0.3, -0.25) is 4.79 Å². The SMILES string of the molecule is CCC(CC)(c1ccc(OCC(C)(O)C(C)(C)C)c(C)c1)c1ccc(C(=O)NC)c(C)c1. The molecule has 0 aromatic heterocycles. The fraction of sp³-hybridized carbons (Fsp3) is 0.536. The van der Waals surface area contributed by atoms with Crippen LogP contribution in [-0.4, -0.2) is 30.3 Å². The minimum Gasteiger partial charge on any atom is -0.490 e. The lowest BCUT2D eigenvalue weighted by molar-refractivity contribution is -0.0725. The van der Waals surface area contributed by atoms with E-state index in [-0.39, 0.29) is 23.3 Å². The van der Waals surface area contributed by atoms with E-state index in [1.165, 1.54) is 11.1 Å². The van der Waals surface area contributed by atoms with Crippen LogP contribution in [0.1, 0.15) is 87.0 Å². The predicted molar refractivity (Wildman–Crippen MR) is 133 cm³/mol. The molecule has 2 rings (SSSR count). The molecule has 2 aromatic carbocycles. The van der Waals surface area contributed by atoms with Gasteiger partial charge in [0, 0.05) is 18.0 Å². The van der Waals surface area contributed by atoms with Crippen LogP contribution in [0.5, 0.6) is 5.75 Å². The molecule has 1 atom stereocenters. The van der Waals surface area contributed by atoms with E-state index in [2.05, 4.69) is 50.4 Å². The minimum atomic E-state index is -0.932. The molecular weight excluding hydrogens is 398 g/mol. The number of carbonyl (C=O) groups excluding carboxylic acids is 1. The zero-order chi connectivity index (χ0) is 24.3. The number of nitrogens with one attached hydrogen (secondary N) is 1. The number of ether oxygens (including phenoxy) is 1. The zero-order valence-electron chi connectivity index (χ0n) is 21.3. The van der Waals surface area contributed by atoms with Gasteiger partial charge < -0.3 is 15.2 Å². The topological polar surface area (TPSA) is 58.6 Å². The summed E-state index contributed by atoms with van der Waals surface area (Å²) >= 11 is 0. The van der Waals surface area contributed by atoms with Crippen LogP contribution < -0.4 is 10.1 Å². The molecule has 0 aliphatic heterocycles. The summed E-state index contributed by atoms with van der Waals surface area (Å²) in [4.78, 5) is 12.1. The summed E-state index contributed by atoms with van der Waals surface area (Å²) < 4.78 is 6.05. The van der Waals surface area contributed by atoms with Gasteiger partial charge in [0.25, 0.3) is 5.91 Å². The lowest BCUT2D eigenvalue weighted by Gasteiger charge is -2.37. The van der Waals surface area contributed by atoms with E-state index in [4.69, 9.17) is 4.74 Å². The fourth-order valence-corrected chi connectivity index (χ4v) is 4.13. The molecule has 0 bridgehead atoms. The maximum absolute atomic E-state index is 12.1. The molecule has 176 valence electrons. The third-order valence-electron chi connectivity index (χ3n) is 7.31. The van der Waals surface area contributed by atoms with E-state index < -0.39 is 5.60 Å². The molecule has 2 N–H and O–H groups in total. The van der Waals surface area contributed by atoms with Gasteiger partial charge in [-0.1, -0.05) is 58.9 Å². The van der Waals surface area contributed by atoms with Crippen LogP contribution in [0.3, 0.4) is 0 Å². The summed E-state index contributed by atoms with van der Waals surface area (Å²) in [6, 6.07) is 12.5. The molecular formula is C28H41NO3. The molecule has 4 nitrogen and oxygen atoms in total. The maximum Gasteiger partial charge on any atom is 0.251 e. The van der Waals surface area contributed by atoms with Crippen molar-refractivity contribution in [3.05, 3.63) is 64.2 Å². The molecule has 2 aromatic rings. The van der Waals surface area contributed by atoms with Crippen LogP contribution in [0.25, 0.3) is 0 Å². The number of aryl methyl sites for hydroxylation is 2. The van der Waals surface area contributed by atoms with Crippen LogP contribution in [-0.2, 0) is 5.41 Å². The highest BCUT2D eigenvalue weighted by atomic mass is 16.5. The van der Waals surface area contributed by atoms with Crippen molar-refractivity contribution in [3.8, 4) is 5.75 Å². The highest BCUT2D eigenvalue weighted by molar-refractivity contribution is 5.95. The van der Waals surface area contributed by atoms with E-state index in [0.717, 1.165) is 29.7 Å². The van der Waals surface area contributed by atoms with E-state index >= 15 is 0 Å². The predicted octanol–water partition coefficient (Wildman–Crippen LogP) is 5.95. The van der Waals surface area contributed by atoms with Crippen molar-refractivity contribution in [2.24, 2.45) is 5.41 Å². The first-order valence-electron chi connectivity index (χ1n) is 11.6. The van der Waals surface area contributed by atoms with Crippen LogP contribution >= 0.6 is 0 Å². The lowest BCUT2D eigenvalue weighted by atomic mass is 9.70. The largest absolute Gasteiger partial charge is 0.490 e. The normalized spacial score (nSPS) is 14.1. The van der Waals surface area contributed by atoms with Gasteiger partial charge in [0.1, 0.15) is 18.0 Å².